The van der Waals surface area contributed by atoms with E-state index in [0.29, 0.717) is 40.4 Å². The maximum Gasteiger partial charge on any atom is 0.164 e. The van der Waals surface area contributed by atoms with Crippen molar-refractivity contribution in [3.63, 3.8) is 0 Å². The minimum Gasteiger partial charge on any atom is -0.208 e. The van der Waals surface area contributed by atoms with Gasteiger partial charge in [0.05, 0.1) is 0 Å². The van der Waals surface area contributed by atoms with Gasteiger partial charge in [0, 0.05) is 33.4 Å². The van der Waals surface area contributed by atoms with Gasteiger partial charge in [0.2, 0.25) is 0 Å². The monoisotopic (exact) mass is 758 g/mol. The smallest absolute Gasteiger partial charge is 0.164 e. The van der Waals surface area contributed by atoms with E-state index in [1.807, 2.05) is 78.9 Å². The molecule has 3 aliphatic carbocycles. The predicted octanol–water partition coefficient (Wildman–Crippen LogP) is 12.2. The van der Waals surface area contributed by atoms with E-state index in [1.54, 1.807) is 0 Å². The number of nitrogens with zero attached hydrogens (tertiary/aromatic N) is 6. The van der Waals surface area contributed by atoms with Crippen LogP contribution >= 0.6 is 0 Å². The molecule has 3 saturated carbocycles. The molecule has 0 aliphatic heterocycles. The third-order valence-electron chi connectivity index (χ3n) is 13.2. The highest BCUT2D eigenvalue weighted by atomic mass is 15.0. The Morgan fingerprint density at radius 1 is 0.322 bits per heavy atom. The third-order valence-corrected chi connectivity index (χ3v) is 13.2. The molecule has 6 nitrogen and oxygen atoms in total. The van der Waals surface area contributed by atoms with Crippen LogP contribution in [0, 0.1) is 17.8 Å². The standard InChI is InChI=1S/C53H38N6/c1-4-12-34(13-5-1)47-54-48(35-14-6-2-7-15-35)56-50(55-47)37-22-20-33(21-23-37)42-28-29-45(44-19-11-10-18-43(42)44)52-58-49(36-16-8-3-9-17-36)57-51(59-52)38-24-26-41(27-25-38)53-31-39-30-40(32-53)46(39)53/h1-29,39-40,46H,30-32H2. The van der Waals surface area contributed by atoms with Gasteiger partial charge >= 0.3 is 0 Å². The Balaban J connectivity index is 0.916. The summed E-state index contributed by atoms with van der Waals surface area (Å²) in [6.07, 6.45) is 4.18. The summed E-state index contributed by atoms with van der Waals surface area (Å²) in [4.78, 5) is 30.1. The maximum absolute atomic E-state index is 5.19. The number of hydrogen-bond donors (Lipinski definition) is 0. The second kappa shape index (κ2) is 13.5. The van der Waals surface area contributed by atoms with Crippen LogP contribution in [0.4, 0.5) is 0 Å². The first kappa shape index (κ1) is 33.9. The van der Waals surface area contributed by atoms with Crippen molar-refractivity contribution in [2.24, 2.45) is 17.8 Å². The molecule has 2 unspecified atom stereocenters. The zero-order valence-electron chi connectivity index (χ0n) is 32.3. The van der Waals surface area contributed by atoms with Gasteiger partial charge in [-0.3, -0.25) is 0 Å². The van der Waals surface area contributed by atoms with Crippen LogP contribution in [-0.2, 0) is 5.41 Å². The zero-order chi connectivity index (χ0) is 38.9. The molecule has 0 radical (unpaired) electrons. The molecule has 9 aromatic rings. The van der Waals surface area contributed by atoms with E-state index in [1.165, 1.54) is 24.8 Å². The average molecular weight is 759 g/mol. The lowest BCUT2D eigenvalue weighted by Gasteiger charge is -2.76. The zero-order valence-corrected chi connectivity index (χ0v) is 32.3. The normalized spacial score (nSPS) is 19.9. The highest BCUT2D eigenvalue weighted by molar-refractivity contribution is 6.04. The van der Waals surface area contributed by atoms with Crippen LogP contribution in [0.1, 0.15) is 24.8 Å². The van der Waals surface area contributed by atoms with E-state index in [-0.39, 0.29) is 0 Å². The highest BCUT2D eigenvalue weighted by Crippen LogP contribution is 2.77. The fraction of sp³-hybridized carbons (Fsp3) is 0.132. The van der Waals surface area contributed by atoms with Gasteiger partial charge in [-0.1, -0.05) is 170 Å². The lowest BCUT2D eigenvalue weighted by atomic mass is 9.28. The van der Waals surface area contributed by atoms with Gasteiger partial charge in [-0.25, -0.2) is 29.9 Å². The minimum absolute atomic E-state index is 0.428. The van der Waals surface area contributed by atoms with Crippen LogP contribution in [-0.4, -0.2) is 29.9 Å². The largest absolute Gasteiger partial charge is 0.208 e. The van der Waals surface area contributed by atoms with Crippen molar-refractivity contribution in [3.8, 4) is 79.5 Å². The van der Waals surface area contributed by atoms with E-state index < -0.39 is 0 Å². The molecule has 12 rings (SSSR count). The third kappa shape index (κ3) is 5.62. The molecule has 0 N–H and O–H groups in total. The van der Waals surface area contributed by atoms with Crippen LogP contribution in [0.5, 0.6) is 0 Å². The Bertz CT molecular complexity index is 2950. The molecule has 2 aromatic heterocycles. The average Bonchev–Trinajstić information content (AvgIpc) is 3.31. The molecule has 6 heteroatoms. The summed E-state index contributed by atoms with van der Waals surface area (Å²) in [6.45, 7) is 0. The Hall–Kier alpha value is -7.18. The van der Waals surface area contributed by atoms with Crippen LogP contribution in [0.3, 0.4) is 0 Å². The van der Waals surface area contributed by atoms with Crippen molar-refractivity contribution in [1.82, 2.24) is 29.9 Å². The Kier molecular flexibility index (Phi) is 7.73. The SMILES string of the molecule is c1ccc(-c2nc(-c3ccccc3)nc(-c3ccc(-c4ccc(-c5nc(-c6ccccc6)nc(-c6ccc(C78CC9CC(C7)C98)cc6)n5)c5ccccc45)cc3)n2)cc1. The molecule has 3 aliphatic rings. The first-order valence-electron chi connectivity index (χ1n) is 20.6. The maximum atomic E-state index is 5.19. The van der Waals surface area contributed by atoms with E-state index in [2.05, 4.69) is 97.1 Å². The number of fused-ring (bicyclic) bond motifs is 1. The first-order valence-corrected chi connectivity index (χ1v) is 20.6. The fourth-order valence-corrected chi connectivity index (χ4v) is 10.4. The van der Waals surface area contributed by atoms with Crippen LogP contribution in [0.25, 0.3) is 90.2 Å². The molecule has 0 amide bonds. The summed E-state index contributed by atoms with van der Waals surface area (Å²) < 4.78 is 0. The van der Waals surface area contributed by atoms with Gasteiger partial charge in [-0.2, -0.15) is 0 Å². The Labute approximate surface area is 342 Å². The number of aromatic nitrogens is 6. The van der Waals surface area contributed by atoms with Gasteiger partial charge in [0.25, 0.3) is 0 Å². The summed E-state index contributed by atoms with van der Waals surface area (Å²) in [5.41, 5.74) is 9.89. The Morgan fingerprint density at radius 2 is 0.678 bits per heavy atom. The van der Waals surface area contributed by atoms with Crippen molar-refractivity contribution in [2.75, 3.05) is 0 Å². The predicted molar refractivity (Wildman–Crippen MR) is 235 cm³/mol. The van der Waals surface area contributed by atoms with E-state index in [0.717, 1.165) is 73.0 Å². The van der Waals surface area contributed by atoms with Crippen molar-refractivity contribution < 1.29 is 0 Å². The molecular weight excluding hydrogens is 721 g/mol. The summed E-state index contributed by atoms with van der Waals surface area (Å²) >= 11 is 0. The molecule has 59 heavy (non-hydrogen) atoms. The molecule has 2 atom stereocenters. The summed E-state index contributed by atoms with van der Waals surface area (Å²) in [5.74, 6) is 6.79. The lowest BCUT2D eigenvalue weighted by Crippen LogP contribution is -2.71. The van der Waals surface area contributed by atoms with Crippen molar-refractivity contribution >= 4 is 10.8 Å². The number of rotatable bonds is 8. The highest BCUT2D eigenvalue weighted by Gasteiger charge is 2.71. The second-order valence-corrected chi connectivity index (χ2v) is 16.4. The lowest BCUT2D eigenvalue weighted by molar-refractivity contribution is -0.219. The molecule has 7 aromatic carbocycles. The number of benzene rings is 7. The van der Waals surface area contributed by atoms with Gasteiger partial charge in [0.15, 0.2) is 34.9 Å². The molecular formula is C53H38N6. The Morgan fingerprint density at radius 3 is 1.12 bits per heavy atom. The number of hydrogen-bond acceptors (Lipinski definition) is 6. The van der Waals surface area contributed by atoms with E-state index >= 15 is 0 Å². The van der Waals surface area contributed by atoms with Crippen molar-refractivity contribution in [3.05, 3.63) is 181 Å². The van der Waals surface area contributed by atoms with Gasteiger partial charge in [-0.15, -0.1) is 0 Å². The van der Waals surface area contributed by atoms with Crippen molar-refractivity contribution in [1.29, 1.82) is 0 Å². The summed E-state index contributed by atoms with van der Waals surface area (Å²) in [5, 5.41) is 2.20. The van der Waals surface area contributed by atoms with E-state index in [4.69, 9.17) is 29.9 Å². The quantitative estimate of drug-likeness (QED) is 0.154. The van der Waals surface area contributed by atoms with Gasteiger partial charge < -0.3 is 0 Å². The molecule has 0 bridgehead atoms. The molecule has 0 spiro atoms. The molecule has 280 valence electrons. The fourth-order valence-electron chi connectivity index (χ4n) is 10.4. The van der Waals surface area contributed by atoms with Crippen LogP contribution in [0.2, 0.25) is 0 Å². The van der Waals surface area contributed by atoms with Gasteiger partial charge in [-0.05, 0) is 76.0 Å². The molecule has 0 saturated heterocycles. The van der Waals surface area contributed by atoms with Crippen LogP contribution < -0.4 is 0 Å². The summed E-state index contributed by atoms with van der Waals surface area (Å²) in [6, 6.07) is 60.9. The van der Waals surface area contributed by atoms with Crippen LogP contribution in [0.15, 0.2) is 176 Å². The van der Waals surface area contributed by atoms with Gasteiger partial charge in [0.1, 0.15) is 0 Å². The minimum atomic E-state index is 0.428. The molecule has 2 heterocycles. The first-order chi connectivity index (χ1) is 29.2. The van der Waals surface area contributed by atoms with Crippen molar-refractivity contribution in [2.45, 2.75) is 24.7 Å². The summed E-state index contributed by atoms with van der Waals surface area (Å²) in [7, 11) is 0. The molecule has 3 fully saturated rings. The van der Waals surface area contributed by atoms with E-state index in [9.17, 15) is 0 Å². The second-order valence-electron chi connectivity index (χ2n) is 16.4. The topological polar surface area (TPSA) is 77.3 Å².